The van der Waals surface area contributed by atoms with E-state index in [-0.39, 0.29) is 11.3 Å². The van der Waals surface area contributed by atoms with Gasteiger partial charge in [-0.15, -0.1) is 0 Å². The smallest absolute Gasteiger partial charge is 0.267 e. The Kier molecular flexibility index (Phi) is 2.92. The van der Waals surface area contributed by atoms with Crippen LogP contribution >= 0.6 is 0 Å². The van der Waals surface area contributed by atoms with Crippen LogP contribution in [0.3, 0.4) is 0 Å². The first-order chi connectivity index (χ1) is 7.96. The minimum atomic E-state index is -0.0453. The number of carbonyl (C=O) groups excluding carboxylic acids is 1. The number of amides is 1. The molecular formula is C14H18N2O. The Bertz CT molecular complexity index is 501. The van der Waals surface area contributed by atoms with Crippen molar-refractivity contribution in [2.24, 2.45) is 5.41 Å². The monoisotopic (exact) mass is 230 g/mol. The van der Waals surface area contributed by atoms with Gasteiger partial charge in [-0.25, -0.2) is 0 Å². The highest BCUT2D eigenvalue weighted by Crippen LogP contribution is 2.15. The van der Waals surface area contributed by atoms with E-state index in [4.69, 9.17) is 0 Å². The third kappa shape index (κ3) is 2.87. The van der Waals surface area contributed by atoms with E-state index in [0.717, 1.165) is 10.9 Å². The first kappa shape index (κ1) is 11.7. The zero-order valence-corrected chi connectivity index (χ0v) is 10.5. The summed E-state index contributed by atoms with van der Waals surface area (Å²) in [6.07, 6.45) is 0. The molecule has 0 radical (unpaired) electrons. The van der Waals surface area contributed by atoms with Gasteiger partial charge in [0, 0.05) is 17.4 Å². The number of hydrogen-bond donors (Lipinski definition) is 2. The van der Waals surface area contributed by atoms with Crippen LogP contribution in [0.15, 0.2) is 30.3 Å². The molecule has 90 valence electrons. The normalized spacial score (nSPS) is 11.7. The van der Waals surface area contributed by atoms with E-state index in [0.29, 0.717) is 12.2 Å². The second kappa shape index (κ2) is 4.24. The lowest BCUT2D eigenvalue weighted by Crippen LogP contribution is -2.32. The van der Waals surface area contributed by atoms with Gasteiger partial charge in [-0.05, 0) is 17.5 Å². The lowest BCUT2D eigenvalue weighted by Gasteiger charge is -2.18. The van der Waals surface area contributed by atoms with Crippen molar-refractivity contribution in [3.05, 3.63) is 36.0 Å². The molecule has 3 nitrogen and oxygen atoms in total. The maximum absolute atomic E-state index is 11.9. The minimum absolute atomic E-state index is 0.0453. The van der Waals surface area contributed by atoms with E-state index < -0.39 is 0 Å². The fraction of sp³-hybridized carbons (Fsp3) is 0.357. The fourth-order valence-corrected chi connectivity index (χ4v) is 1.64. The Morgan fingerprint density at radius 1 is 1.29 bits per heavy atom. The molecule has 0 fully saturated rings. The summed E-state index contributed by atoms with van der Waals surface area (Å²) < 4.78 is 0. The van der Waals surface area contributed by atoms with Gasteiger partial charge in [0.15, 0.2) is 0 Å². The predicted molar refractivity (Wildman–Crippen MR) is 70.1 cm³/mol. The van der Waals surface area contributed by atoms with Gasteiger partial charge in [-0.1, -0.05) is 39.0 Å². The number of H-pyrrole nitrogens is 1. The molecule has 1 heterocycles. The van der Waals surface area contributed by atoms with Crippen molar-refractivity contribution < 1.29 is 4.79 Å². The third-order valence-corrected chi connectivity index (χ3v) is 2.55. The predicted octanol–water partition coefficient (Wildman–Crippen LogP) is 2.94. The Labute approximate surface area is 101 Å². The average molecular weight is 230 g/mol. The van der Waals surface area contributed by atoms with Gasteiger partial charge in [0.1, 0.15) is 5.69 Å². The molecule has 1 aromatic heterocycles. The Balaban J connectivity index is 2.14. The molecule has 0 aliphatic carbocycles. The van der Waals surface area contributed by atoms with Crippen LogP contribution in [-0.4, -0.2) is 17.4 Å². The lowest BCUT2D eigenvalue weighted by molar-refractivity contribution is 0.0935. The van der Waals surface area contributed by atoms with Crippen molar-refractivity contribution >= 4 is 16.8 Å². The number of rotatable bonds is 2. The summed E-state index contributed by atoms with van der Waals surface area (Å²) in [4.78, 5) is 15.0. The van der Waals surface area contributed by atoms with E-state index in [1.807, 2.05) is 30.3 Å². The van der Waals surface area contributed by atoms with Gasteiger partial charge in [0.2, 0.25) is 0 Å². The van der Waals surface area contributed by atoms with Crippen molar-refractivity contribution in [2.75, 3.05) is 6.54 Å². The second-order valence-electron chi connectivity index (χ2n) is 5.51. The minimum Gasteiger partial charge on any atom is -0.351 e. The number of fused-ring (bicyclic) bond motifs is 1. The number of para-hydroxylation sites is 1. The third-order valence-electron chi connectivity index (χ3n) is 2.55. The molecule has 0 atom stereocenters. The maximum atomic E-state index is 11.9. The highest BCUT2D eigenvalue weighted by atomic mass is 16.1. The molecule has 2 aromatic rings. The van der Waals surface area contributed by atoms with Gasteiger partial charge in [-0.2, -0.15) is 0 Å². The van der Waals surface area contributed by atoms with Crippen LogP contribution in [0, 0.1) is 5.41 Å². The SMILES string of the molecule is CC(C)(C)CNC(=O)c1cc2ccccc2[nH]1. The van der Waals surface area contributed by atoms with E-state index in [9.17, 15) is 4.79 Å². The van der Waals surface area contributed by atoms with Gasteiger partial charge >= 0.3 is 0 Å². The van der Waals surface area contributed by atoms with Gasteiger partial charge in [0.05, 0.1) is 0 Å². The summed E-state index contributed by atoms with van der Waals surface area (Å²) in [5.74, 6) is -0.0453. The van der Waals surface area contributed by atoms with Crippen molar-refractivity contribution in [3.63, 3.8) is 0 Å². The first-order valence-electron chi connectivity index (χ1n) is 5.82. The van der Waals surface area contributed by atoms with Crippen LogP contribution in [0.2, 0.25) is 0 Å². The molecule has 1 amide bonds. The molecule has 2 rings (SSSR count). The summed E-state index contributed by atoms with van der Waals surface area (Å²) in [5.41, 5.74) is 1.71. The maximum Gasteiger partial charge on any atom is 0.267 e. The van der Waals surface area contributed by atoms with Crippen LogP contribution < -0.4 is 5.32 Å². The van der Waals surface area contributed by atoms with Crippen LogP contribution in [0.5, 0.6) is 0 Å². The number of aromatic nitrogens is 1. The Hall–Kier alpha value is -1.77. The highest BCUT2D eigenvalue weighted by Gasteiger charge is 2.14. The van der Waals surface area contributed by atoms with E-state index >= 15 is 0 Å². The number of hydrogen-bond acceptors (Lipinski definition) is 1. The van der Waals surface area contributed by atoms with Gasteiger partial charge < -0.3 is 10.3 Å². The fourth-order valence-electron chi connectivity index (χ4n) is 1.64. The summed E-state index contributed by atoms with van der Waals surface area (Å²) in [6, 6.07) is 9.76. The molecule has 1 aromatic carbocycles. The Morgan fingerprint density at radius 2 is 2.00 bits per heavy atom. The van der Waals surface area contributed by atoms with E-state index in [1.165, 1.54) is 0 Å². The number of benzene rings is 1. The van der Waals surface area contributed by atoms with Crippen LogP contribution in [-0.2, 0) is 0 Å². The van der Waals surface area contributed by atoms with Crippen molar-refractivity contribution in [1.29, 1.82) is 0 Å². The molecule has 17 heavy (non-hydrogen) atoms. The van der Waals surface area contributed by atoms with Crippen LogP contribution in [0.4, 0.5) is 0 Å². The summed E-state index contributed by atoms with van der Waals surface area (Å²) in [6.45, 7) is 6.96. The van der Waals surface area contributed by atoms with Crippen molar-refractivity contribution in [2.45, 2.75) is 20.8 Å². The number of aromatic amines is 1. The zero-order chi connectivity index (χ0) is 12.5. The van der Waals surface area contributed by atoms with Gasteiger partial charge in [-0.3, -0.25) is 4.79 Å². The summed E-state index contributed by atoms with van der Waals surface area (Å²) in [5, 5.41) is 3.99. The quantitative estimate of drug-likeness (QED) is 0.818. The molecule has 3 heteroatoms. The molecular weight excluding hydrogens is 212 g/mol. The zero-order valence-electron chi connectivity index (χ0n) is 10.5. The summed E-state index contributed by atoms with van der Waals surface area (Å²) >= 11 is 0. The van der Waals surface area contributed by atoms with Crippen LogP contribution in [0.25, 0.3) is 10.9 Å². The molecule has 0 unspecified atom stereocenters. The molecule has 0 aliphatic rings. The molecule has 0 saturated carbocycles. The first-order valence-corrected chi connectivity index (χ1v) is 5.82. The second-order valence-corrected chi connectivity index (χ2v) is 5.51. The van der Waals surface area contributed by atoms with Gasteiger partial charge in [0.25, 0.3) is 5.91 Å². The largest absolute Gasteiger partial charge is 0.351 e. The molecule has 0 saturated heterocycles. The van der Waals surface area contributed by atoms with Crippen molar-refractivity contribution in [3.8, 4) is 0 Å². The summed E-state index contributed by atoms with van der Waals surface area (Å²) in [7, 11) is 0. The average Bonchev–Trinajstić information content (AvgIpc) is 2.68. The number of nitrogens with one attached hydrogen (secondary N) is 2. The van der Waals surface area contributed by atoms with Crippen LogP contribution in [0.1, 0.15) is 31.3 Å². The molecule has 0 spiro atoms. The molecule has 2 N–H and O–H groups in total. The lowest BCUT2D eigenvalue weighted by atomic mass is 9.97. The topological polar surface area (TPSA) is 44.9 Å². The molecule has 0 aliphatic heterocycles. The number of carbonyl (C=O) groups is 1. The van der Waals surface area contributed by atoms with E-state index in [2.05, 4.69) is 31.1 Å². The standard InChI is InChI=1S/C14H18N2O/c1-14(2,3)9-15-13(17)12-8-10-6-4-5-7-11(10)16-12/h4-8,16H,9H2,1-3H3,(H,15,17). The van der Waals surface area contributed by atoms with Crippen molar-refractivity contribution in [1.82, 2.24) is 10.3 Å². The van der Waals surface area contributed by atoms with E-state index in [1.54, 1.807) is 0 Å². The highest BCUT2D eigenvalue weighted by molar-refractivity contribution is 5.97. The Morgan fingerprint density at radius 3 is 2.65 bits per heavy atom. The molecule has 0 bridgehead atoms.